The third kappa shape index (κ3) is 3.22. The van der Waals surface area contributed by atoms with Crippen molar-refractivity contribution in [3.8, 4) is 0 Å². The first-order valence-corrected chi connectivity index (χ1v) is 9.63. The molecule has 9 heteroatoms. The van der Waals surface area contributed by atoms with E-state index in [1.54, 1.807) is 12.1 Å². The number of hydroxylamine groups is 1. The number of aliphatic imine (C=N–C) groups is 1. The van der Waals surface area contributed by atoms with Crippen molar-refractivity contribution in [3.05, 3.63) is 29.1 Å². The van der Waals surface area contributed by atoms with Crippen molar-refractivity contribution in [2.45, 2.75) is 31.0 Å². The van der Waals surface area contributed by atoms with E-state index < -0.39 is 11.7 Å². The molecule has 0 amide bonds. The van der Waals surface area contributed by atoms with E-state index in [0.717, 1.165) is 56.1 Å². The Bertz CT molecular complexity index is 892. The number of piperidine rings is 3. The van der Waals surface area contributed by atoms with Crippen LogP contribution in [0.2, 0.25) is 0 Å². The summed E-state index contributed by atoms with van der Waals surface area (Å²) in [6.45, 7) is 3.19. The highest BCUT2D eigenvalue weighted by Gasteiger charge is 2.52. The van der Waals surface area contributed by atoms with Crippen molar-refractivity contribution in [1.82, 2.24) is 10.4 Å². The van der Waals surface area contributed by atoms with Gasteiger partial charge in [-0.15, -0.1) is 23.7 Å². The topological polar surface area (TPSA) is 36.9 Å². The van der Waals surface area contributed by atoms with Crippen LogP contribution >= 0.6 is 23.7 Å². The second-order valence-corrected chi connectivity index (χ2v) is 8.29. The highest BCUT2D eigenvalue weighted by Crippen LogP contribution is 2.43. The molecule has 4 fully saturated rings. The van der Waals surface area contributed by atoms with Gasteiger partial charge in [0, 0.05) is 28.4 Å². The number of fused-ring (bicyclic) bond motifs is 3. The van der Waals surface area contributed by atoms with Gasteiger partial charge in [-0.25, -0.2) is 4.99 Å². The zero-order valence-corrected chi connectivity index (χ0v) is 16.0. The van der Waals surface area contributed by atoms with Crippen molar-refractivity contribution in [1.29, 1.82) is 0 Å². The molecule has 146 valence electrons. The first-order chi connectivity index (χ1) is 12.4. The monoisotopic (exact) mass is 417 g/mol. The minimum absolute atomic E-state index is 0. The Balaban J connectivity index is 0.00000180. The predicted octanol–water partition coefficient (Wildman–Crippen LogP) is 4.76. The average molecular weight is 418 g/mol. The summed E-state index contributed by atoms with van der Waals surface area (Å²) in [4.78, 5) is 13.0. The van der Waals surface area contributed by atoms with Crippen molar-refractivity contribution in [2.75, 3.05) is 19.6 Å². The lowest BCUT2D eigenvalue weighted by atomic mass is 9.74. The van der Waals surface area contributed by atoms with Crippen molar-refractivity contribution in [2.24, 2.45) is 10.9 Å². The highest BCUT2D eigenvalue weighted by molar-refractivity contribution is 7.17. The quantitative estimate of drug-likeness (QED) is 0.726. The molecule has 4 aliphatic rings. The number of rotatable bonds is 1. The van der Waals surface area contributed by atoms with Crippen LogP contribution in [0.15, 0.2) is 28.6 Å². The summed E-state index contributed by atoms with van der Waals surface area (Å²) in [7, 11) is 0. The van der Waals surface area contributed by atoms with E-state index >= 15 is 0 Å². The third-order valence-corrected chi connectivity index (χ3v) is 6.74. The molecule has 1 atom stereocenters. The molecule has 0 aliphatic carbocycles. The number of amidine groups is 1. The standard InChI is InChI=1S/C18H18F3N3OS.ClH/c19-18(20,21)14-9-26-15-7-12(1-2-13(14)15)22-16-8-17(25-23-16)10-24-5-3-11(17)4-6-24;/h1-2,7,9,11H,3-6,8,10H2,(H,22,23);1H/t17-;/m0./s1. The fraction of sp³-hybridized carbons (Fsp3) is 0.500. The SMILES string of the molecule is Cl.FC(F)(F)c1csc2cc(N=C3C[C@@]4(CN5CCC4CC5)ON3)ccc12. The van der Waals surface area contributed by atoms with E-state index in [0.29, 0.717) is 16.3 Å². The van der Waals surface area contributed by atoms with Gasteiger partial charge in [-0.2, -0.15) is 13.2 Å². The van der Waals surface area contributed by atoms with Gasteiger partial charge in [0.15, 0.2) is 0 Å². The second kappa shape index (κ2) is 6.62. The minimum Gasteiger partial charge on any atom is -0.300 e. The van der Waals surface area contributed by atoms with E-state index in [9.17, 15) is 13.2 Å². The molecule has 27 heavy (non-hydrogen) atoms. The maximum absolute atomic E-state index is 13.0. The predicted molar refractivity (Wildman–Crippen MR) is 102 cm³/mol. The molecule has 4 aliphatic heterocycles. The maximum atomic E-state index is 13.0. The molecule has 4 nitrogen and oxygen atoms in total. The molecular weight excluding hydrogens is 399 g/mol. The van der Waals surface area contributed by atoms with Crippen LogP contribution in [0.4, 0.5) is 18.9 Å². The molecule has 2 bridgehead atoms. The number of alkyl halides is 3. The highest BCUT2D eigenvalue weighted by atomic mass is 35.5. The van der Waals surface area contributed by atoms with Crippen LogP contribution in [0.1, 0.15) is 24.8 Å². The first kappa shape index (κ1) is 19.0. The van der Waals surface area contributed by atoms with Crippen LogP contribution in [0.5, 0.6) is 0 Å². The third-order valence-electron chi connectivity index (χ3n) is 5.79. The summed E-state index contributed by atoms with van der Waals surface area (Å²) in [5.41, 5.74) is 2.84. The second-order valence-electron chi connectivity index (χ2n) is 7.38. The first-order valence-electron chi connectivity index (χ1n) is 8.75. The summed E-state index contributed by atoms with van der Waals surface area (Å²) < 4.78 is 39.6. The van der Waals surface area contributed by atoms with Gasteiger partial charge in [0.2, 0.25) is 0 Å². The molecule has 6 rings (SSSR count). The van der Waals surface area contributed by atoms with E-state index in [-0.39, 0.29) is 23.4 Å². The van der Waals surface area contributed by atoms with Gasteiger partial charge in [-0.3, -0.25) is 10.3 Å². The number of nitrogens with one attached hydrogen (secondary N) is 1. The Morgan fingerprint density at radius 1 is 1.26 bits per heavy atom. The summed E-state index contributed by atoms with van der Waals surface area (Å²) in [5.74, 6) is 1.30. The van der Waals surface area contributed by atoms with Crippen molar-refractivity contribution < 1.29 is 18.0 Å². The van der Waals surface area contributed by atoms with Crippen LogP contribution in [0, 0.1) is 5.92 Å². The van der Waals surface area contributed by atoms with Crippen LogP contribution < -0.4 is 5.48 Å². The molecule has 5 heterocycles. The number of benzene rings is 1. The lowest BCUT2D eigenvalue weighted by Gasteiger charge is -2.49. The van der Waals surface area contributed by atoms with Crippen LogP contribution in [-0.4, -0.2) is 36.0 Å². The Morgan fingerprint density at radius 2 is 2.04 bits per heavy atom. The number of hydrogen-bond donors (Lipinski definition) is 1. The van der Waals surface area contributed by atoms with Gasteiger partial charge in [0.1, 0.15) is 11.4 Å². The fourth-order valence-corrected chi connectivity index (χ4v) is 5.48. The van der Waals surface area contributed by atoms with Crippen LogP contribution in [-0.2, 0) is 11.0 Å². The van der Waals surface area contributed by atoms with E-state index in [4.69, 9.17) is 4.84 Å². The molecule has 0 saturated carbocycles. The lowest BCUT2D eigenvalue weighted by Crippen LogP contribution is -2.59. The number of nitrogens with zero attached hydrogens (tertiary/aromatic N) is 2. The lowest BCUT2D eigenvalue weighted by molar-refractivity contribution is -0.150. The molecule has 1 N–H and O–H groups in total. The summed E-state index contributed by atoms with van der Waals surface area (Å²) in [6.07, 6.45) is -1.30. The Morgan fingerprint density at radius 3 is 2.70 bits per heavy atom. The normalized spacial score (nSPS) is 31.4. The summed E-state index contributed by atoms with van der Waals surface area (Å²) in [6, 6.07) is 4.86. The zero-order valence-electron chi connectivity index (χ0n) is 14.4. The Labute approximate surface area is 164 Å². The van der Waals surface area contributed by atoms with Crippen LogP contribution in [0.25, 0.3) is 10.1 Å². The summed E-state index contributed by atoms with van der Waals surface area (Å²) in [5, 5.41) is 1.40. The Kier molecular flexibility index (Phi) is 4.65. The number of hydrogen-bond acceptors (Lipinski definition) is 4. The van der Waals surface area contributed by atoms with E-state index in [2.05, 4.69) is 15.4 Å². The number of halogens is 4. The van der Waals surface area contributed by atoms with Gasteiger partial charge >= 0.3 is 6.18 Å². The van der Waals surface area contributed by atoms with Crippen molar-refractivity contribution >= 4 is 45.4 Å². The zero-order chi connectivity index (χ0) is 17.9. The van der Waals surface area contributed by atoms with Gasteiger partial charge in [-0.05, 0) is 44.0 Å². The van der Waals surface area contributed by atoms with Gasteiger partial charge in [0.25, 0.3) is 0 Å². The molecular formula is C18H19ClF3N3OS. The maximum Gasteiger partial charge on any atom is 0.417 e. The van der Waals surface area contributed by atoms with Gasteiger partial charge in [-0.1, -0.05) is 6.07 Å². The molecule has 1 aromatic carbocycles. The van der Waals surface area contributed by atoms with E-state index in [1.165, 1.54) is 11.4 Å². The molecule has 2 aromatic rings. The molecule has 4 saturated heterocycles. The molecule has 1 spiro atoms. The average Bonchev–Trinajstić information content (AvgIpc) is 3.20. The van der Waals surface area contributed by atoms with E-state index in [1.807, 2.05) is 0 Å². The fourth-order valence-electron chi connectivity index (χ4n) is 4.48. The largest absolute Gasteiger partial charge is 0.417 e. The number of thiophene rings is 1. The molecule has 0 unspecified atom stereocenters. The van der Waals surface area contributed by atoms with Gasteiger partial charge in [0.05, 0.1) is 11.3 Å². The molecule has 1 aromatic heterocycles. The molecule has 0 radical (unpaired) electrons. The smallest absolute Gasteiger partial charge is 0.300 e. The summed E-state index contributed by atoms with van der Waals surface area (Å²) >= 11 is 1.10. The van der Waals surface area contributed by atoms with Crippen LogP contribution in [0.3, 0.4) is 0 Å². The van der Waals surface area contributed by atoms with Gasteiger partial charge < -0.3 is 4.90 Å². The van der Waals surface area contributed by atoms with Crippen molar-refractivity contribution in [3.63, 3.8) is 0 Å². The Hall–Kier alpha value is -1.35. The minimum atomic E-state index is -4.32.